The summed E-state index contributed by atoms with van der Waals surface area (Å²) in [6.45, 7) is 6.75. The SMILES string of the molecule is CC(C)(C)c1ccc2c(c1)c1c3c(oc4ccccc43)c3c4c1n2-c1cc2c(cc1B4N(c1ccc(-c4ccccc4)cc1)c1cc4oc5ccccc5c4cc1-3)sc1ccccc12. The van der Waals surface area contributed by atoms with Crippen LogP contribution in [0.4, 0.5) is 11.4 Å². The average molecular weight is 837 g/mol. The molecule has 9 aromatic carbocycles. The number of hydrogen-bond acceptors (Lipinski definition) is 4. The molecule has 0 fully saturated rings. The fourth-order valence-electron chi connectivity index (χ4n) is 11.4. The van der Waals surface area contributed by atoms with Crippen molar-refractivity contribution in [2.75, 3.05) is 4.81 Å². The lowest BCUT2D eigenvalue weighted by Crippen LogP contribution is -2.60. The van der Waals surface area contributed by atoms with Crippen LogP contribution in [-0.4, -0.2) is 11.4 Å². The van der Waals surface area contributed by atoms with Crippen LogP contribution in [0.3, 0.4) is 0 Å². The zero-order valence-electron chi connectivity index (χ0n) is 35.4. The van der Waals surface area contributed by atoms with E-state index in [1.54, 1.807) is 0 Å². The lowest BCUT2D eigenvalue weighted by atomic mass is 9.43. The van der Waals surface area contributed by atoms with E-state index in [1.165, 1.54) is 80.7 Å². The van der Waals surface area contributed by atoms with Crippen molar-refractivity contribution in [3.8, 4) is 27.9 Å². The Kier molecular flexibility index (Phi) is 6.63. The molecular formula is C58H37BN2O2S. The third-order valence-electron chi connectivity index (χ3n) is 14.3. The highest BCUT2D eigenvalue weighted by Gasteiger charge is 2.46. The van der Waals surface area contributed by atoms with Crippen LogP contribution in [0.25, 0.3) is 114 Å². The first-order chi connectivity index (χ1) is 31.4. The average Bonchev–Trinajstić information content (AvgIpc) is 4.08. The third-order valence-corrected chi connectivity index (χ3v) is 15.4. The maximum absolute atomic E-state index is 7.28. The number of anilines is 2. The fourth-order valence-corrected chi connectivity index (χ4v) is 12.5. The zero-order chi connectivity index (χ0) is 42.2. The van der Waals surface area contributed by atoms with Crippen molar-refractivity contribution in [2.45, 2.75) is 26.2 Å². The minimum atomic E-state index is -0.199. The molecular weight excluding hydrogens is 800 g/mol. The van der Waals surface area contributed by atoms with E-state index in [9.17, 15) is 0 Å². The van der Waals surface area contributed by atoms with Crippen molar-refractivity contribution < 1.29 is 8.83 Å². The second-order valence-electron chi connectivity index (χ2n) is 18.8. The first-order valence-corrected chi connectivity index (χ1v) is 23.0. The summed E-state index contributed by atoms with van der Waals surface area (Å²) >= 11 is 1.88. The van der Waals surface area contributed by atoms with Gasteiger partial charge >= 0.3 is 6.85 Å². The smallest absolute Gasteiger partial charge is 0.333 e. The van der Waals surface area contributed by atoms with E-state index in [0.717, 1.165) is 61.0 Å². The number of thiophene rings is 1. The summed E-state index contributed by atoms with van der Waals surface area (Å²) in [7, 11) is 0. The van der Waals surface area contributed by atoms with Crippen molar-refractivity contribution in [3.63, 3.8) is 0 Å². The molecule has 0 aliphatic carbocycles. The van der Waals surface area contributed by atoms with Gasteiger partial charge in [-0.1, -0.05) is 124 Å². The molecule has 2 aliphatic rings. The highest BCUT2D eigenvalue weighted by Crippen LogP contribution is 2.53. The van der Waals surface area contributed by atoms with Gasteiger partial charge in [-0.15, -0.1) is 11.3 Å². The van der Waals surface area contributed by atoms with E-state index >= 15 is 0 Å². The van der Waals surface area contributed by atoms with Crippen LogP contribution in [0.1, 0.15) is 26.3 Å². The van der Waals surface area contributed by atoms with E-state index in [-0.39, 0.29) is 12.3 Å². The van der Waals surface area contributed by atoms with Gasteiger partial charge < -0.3 is 18.2 Å². The van der Waals surface area contributed by atoms with E-state index in [4.69, 9.17) is 8.83 Å². The third kappa shape index (κ3) is 4.48. The molecule has 64 heavy (non-hydrogen) atoms. The molecule has 6 heterocycles. The minimum absolute atomic E-state index is 0.0445. The van der Waals surface area contributed by atoms with Gasteiger partial charge in [0, 0.05) is 86.7 Å². The van der Waals surface area contributed by atoms with Crippen molar-refractivity contribution in [1.82, 2.24) is 4.57 Å². The Morgan fingerprint density at radius 3 is 2.05 bits per heavy atom. The molecule has 2 aliphatic heterocycles. The molecule has 0 radical (unpaired) electrons. The van der Waals surface area contributed by atoms with Gasteiger partial charge in [0.1, 0.15) is 22.3 Å². The second kappa shape index (κ2) is 12.1. The Balaban J connectivity index is 1.17. The summed E-state index contributed by atoms with van der Waals surface area (Å²) < 4.78 is 19.2. The van der Waals surface area contributed by atoms with Crippen molar-refractivity contribution in [3.05, 3.63) is 175 Å². The van der Waals surface area contributed by atoms with Crippen LogP contribution in [0, 0.1) is 0 Å². The zero-order valence-corrected chi connectivity index (χ0v) is 36.2. The lowest BCUT2D eigenvalue weighted by Gasteiger charge is -2.42. The Morgan fingerprint density at radius 2 is 1.23 bits per heavy atom. The van der Waals surface area contributed by atoms with Crippen LogP contribution < -0.4 is 15.7 Å². The normalized spacial score (nSPS) is 13.5. The Labute approximate surface area is 372 Å². The molecule has 0 bridgehead atoms. The second-order valence-corrected chi connectivity index (χ2v) is 19.9. The number of benzene rings is 9. The molecule has 300 valence electrons. The Hall–Kier alpha value is -7.54. The van der Waals surface area contributed by atoms with Gasteiger partial charge in [-0.05, 0) is 93.7 Å². The lowest BCUT2D eigenvalue weighted by molar-refractivity contribution is 0.591. The summed E-state index contributed by atoms with van der Waals surface area (Å²) in [5.41, 5.74) is 18.0. The van der Waals surface area contributed by atoms with Gasteiger partial charge in [-0.3, -0.25) is 0 Å². The van der Waals surface area contributed by atoms with E-state index in [0.29, 0.717) is 0 Å². The first-order valence-electron chi connectivity index (χ1n) is 22.2. The predicted octanol–water partition coefficient (Wildman–Crippen LogP) is 15.2. The van der Waals surface area contributed by atoms with Crippen LogP contribution in [0.5, 0.6) is 0 Å². The number of furan rings is 2. The molecule has 0 atom stereocenters. The largest absolute Gasteiger partial charge is 0.456 e. The van der Waals surface area contributed by atoms with E-state index < -0.39 is 0 Å². The summed E-state index contributed by atoms with van der Waals surface area (Å²) in [6, 6.07) is 62.7. The van der Waals surface area contributed by atoms with Gasteiger partial charge in [-0.2, -0.15) is 0 Å². The number of aromatic nitrogens is 1. The standard InChI is InChI=1S/C58H37BN2O2S/c1-58(2,3)34-23-26-44-41(27-34)52-53-38-17-8-11-19-48(38)63-57(53)54-42-28-39-36-15-7-10-18-47(36)62-49(39)31-45(42)61(35-24-21-33(22-25-35)32-13-5-4-6-14-32)59-43-30-51-40(37-16-9-12-20-50(37)64-51)29-46(43)60(44)56(52)55(54)59/h4-31H,1-3H3. The monoisotopic (exact) mass is 836 g/mol. The van der Waals surface area contributed by atoms with Gasteiger partial charge in [0.05, 0.1) is 11.0 Å². The van der Waals surface area contributed by atoms with Crippen LogP contribution >= 0.6 is 11.3 Å². The molecule has 0 saturated heterocycles. The molecule has 0 spiro atoms. The highest BCUT2D eigenvalue weighted by atomic mass is 32.1. The van der Waals surface area contributed by atoms with Gasteiger partial charge in [0.15, 0.2) is 0 Å². The number of fused-ring (bicyclic) bond motifs is 19. The summed E-state index contributed by atoms with van der Waals surface area (Å²) in [5.74, 6) is 0. The molecule has 0 N–H and O–H groups in total. The van der Waals surface area contributed by atoms with Crippen molar-refractivity contribution in [2.24, 2.45) is 0 Å². The number of hydrogen-bond donors (Lipinski definition) is 0. The quantitative estimate of drug-likeness (QED) is 0.163. The minimum Gasteiger partial charge on any atom is -0.456 e. The van der Waals surface area contributed by atoms with E-state index in [2.05, 4.69) is 200 Å². The summed E-state index contributed by atoms with van der Waals surface area (Å²) in [4.78, 5) is 2.60. The van der Waals surface area contributed by atoms with Gasteiger partial charge in [0.25, 0.3) is 0 Å². The molecule has 0 unspecified atom stereocenters. The summed E-state index contributed by atoms with van der Waals surface area (Å²) in [5, 5.41) is 9.61. The van der Waals surface area contributed by atoms with Crippen LogP contribution in [0.15, 0.2) is 179 Å². The fraction of sp³-hybridized carbons (Fsp3) is 0.0690. The van der Waals surface area contributed by atoms with E-state index in [1.807, 2.05) is 11.3 Å². The number of para-hydroxylation sites is 2. The Bertz CT molecular complexity index is 4180. The molecule has 15 rings (SSSR count). The highest BCUT2D eigenvalue weighted by molar-refractivity contribution is 7.26. The molecule has 13 aromatic rings. The maximum atomic E-state index is 7.28. The number of nitrogens with zero attached hydrogens (tertiary/aromatic N) is 2. The Morgan fingerprint density at radius 1 is 0.516 bits per heavy atom. The van der Waals surface area contributed by atoms with Gasteiger partial charge in [-0.25, -0.2) is 0 Å². The summed E-state index contributed by atoms with van der Waals surface area (Å²) in [6.07, 6.45) is 0. The molecule has 0 amide bonds. The first kappa shape index (κ1) is 35.0. The van der Waals surface area contributed by atoms with Gasteiger partial charge in [0.2, 0.25) is 0 Å². The van der Waals surface area contributed by atoms with Crippen LogP contribution in [0.2, 0.25) is 0 Å². The molecule has 0 saturated carbocycles. The van der Waals surface area contributed by atoms with Crippen LogP contribution in [-0.2, 0) is 5.41 Å². The molecule has 4 nitrogen and oxygen atoms in total. The molecule has 4 aromatic heterocycles. The predicted molar refractivity (Wildman–Crippen MR) is 271 cm³/mol. The maximum Gasteiger partial charge on any atom is 0.333 e. The van der Waals surface area contributed by atoms with Crippen molar-refractivity contribution >= 4 is 126 Å². The van der Waals surface area contributed by atoms with Crippen molar-refractivity contribution in [1.29, 1.82) is 0 Å². The topological polar surface area (TPSA) is 34.5 Å². The molecule has 6 heteroatoms. The number of rotatable bonds is 2.